The first-order chi connectivity index (χ1) is 12.1. The lowest BCUT2D eigenvalue weighted by molar-refractivity contribution is -0.137. The predicted octanol–water partition coefficient (Wildman–Crippen LogP) is 3.99. The maximum absolute atomic E-state index is 13.1. The summed E-state index contributed by atoms with van der Waals surface area (Å²) in [5.74, 6) is -0.336. The molecular weight excluding hydrogens is 335 g/mol. The number of hydrogen-bond acceptors (Lipinski definition) is 3. The SMILES string of the molecule is CC(c1ccc(F)cc1)N(C)C(=O)C1CCN(C(=O)OC(C)(C)C)CC1. The Morgan fingerprint density at radius 2 is 1.73 bits per heavy atom. The van der Waals surface area contributed by atoms with Crippen molar-refractivity contribution in [3.8, 4) is 0 Å². The van der Waals surface area contributed by atoms with Gasteiger partial charge in [0.15, 0.2) is 0 Å². The molecule has 1 heterocycles. The molecule has 0 N–H and O–H groups in total. The van der Waals surface area contributed by atoms with Crippen molar-refractivity contribution in [2.45, 2.75) is 52.2 Å². The lowest BCUT2D eigenvalue weighted by Gasteiger charge is -2.35. The normalized spacial score (nSPS) is 16.9. The Morgan fingerprint density at radius 3 is 2.23 bits per heavy atom. The van der Waals surface area contributed by atoms with Gasteiger partial charge in [0.1, 0.15) is 11.4 Å². The lowest BCUT2D eigenvalue weighted by Crippen LogP contribution is -2.45. The zero-order chi connectivity index (χ0) is 19.5. The molecule has 2 rings (SSSR count). The van der Waals surface area contributed by atoms with Crippen LogP contribution in [0.1, 0.15) is 52.1 Å². The molecular formula is C20H29FN2O3. The summed E-state index contributed by atoms with van der Waals surface area (Å²) in [7, 11) is 1.77. The van der Waals surface area contributed by atoms with Crippen LogP contribution in [-0.2, 0) is 9.53 Å². The van der Waals surface area contributed by atoms with Crippen LogP contribution in [0.5, 0.6) is 0 Å². The van der Waals surface area contributed by atoms with E-state index in [1.54, 1.807) is 29.0 Å². The van der Waals surface area contributed by atoms with E-state index in [4.69, 9.17) is 4.74 Å². The second-order valence-corrected chi connectivity index (χ2v) is 7.92. The second kappa shape index (κ2) is 8.06. The zero-order valence-electron chi connectivity index (χ0n) is 16.3. The minimum absolute atomic E-state index is 0.0608. The molecule has 5 nitrogen and oxygen atoms in total. The number of benzene rings is 1. The molecule has 0 saturated carbocycles. The number of rotatable bonds is 3. The van der Waals surface area contributed by atoms with Crippen LogP contribution >= 0.6 is 0 Å². The molecule has 1 fully saturated rings. The van der Waals surface area contributed by atoms with Crippen molar-refractivity contribution in [3.63, 3.8) is 0 Å². The molecule has 0 bridgehead atoms. The number of likely N-dealkylation sites (tertiary alicyclic amines) is 1. The number of carbonyl (C=O) groups excluding carboxylic acids is 2. The largest absolute Gasteiger partial charge is 0.444 e. The molecule has 1 atom stereocenters. The van der Waals surface area contributed by atoms with Gasteiger partial charge in [0, 0.05) is 26.1 Å². The lowest BCUT2D eigenvalue weighted by atomic mass is 9.94. The third-order valence-electron chi connectivity index (χ3n) is 4.78. The smallest absolute Gasteiger partial charge is 0.410 e. The first kappa shape index (κ1) is 20.2. The maximum Gasteiger partial charge on any atom is 0.410 e. The van der Waals surface area contributed by atoms with Crippen molar-refractivity contribution in [1.82, 2.24) is 9.80 Å². The van der Waals surface area contributed by atoms with Gasteiger partial charge in [-0.3, -0.25) is 4.79 Å². The Kier molecular flexibility index (Phi) is 6.26. The van der Waals surface area contributed by atoms with Gasteiger partial charge in [0.2, 0.25) is 5.91 Å². The average Bonchev–Trinajstić information content (AvgIpc) is 2.59. The van der Waals surface area contributed by atoms with Gasteiger partial charge in [-0.25, -0.2) is 9.18 Å². The quantitative estimate of drug-likeness (QED) is 0.815. The van der Waals surface area contributed by atoms with Gasteiger partial charge in [-0.05, 0) is 58.2 Å². The first-order valence-electron chi connectivity index (χ1n) is 9.08. The van der Waals surface area contributed by atoms with Gasteiger partial charge in [0.05, 0.1) is 6.04 Å². The fourth-order valence-electron chi connectivity index (χ4n) is 3.08. The highest BCUT2D eigenvalue weighted by atomic mass is 19.1. The van der Waals surface area contributed by atoms with E-state index in [-0.39, 0.29) is 29.8 Å². The molecule has 1 aromatic carbocycles. The van der Waals surface area contributed by atoms with E-state index >= 15 is 0 Å². The summed E-state index contributed by atoms with van der Waals surface area (Å²) in [6, 6.07) is 6.09. The minimum Gasteiger partial charge on any atom is -0.444 e. The van der Waals surface area contributed by atoms with Crippen LogP contribution in [-0.4, -0.2) is 47.5 Å². The van der Waals surface area contributed by atoms with Crippen molar-refractivity contribution >= 4 is 12.0 Å². The van der Waals surface area contributed by atoms with Crippen LogP contribution in [0.25, 0.3) is 0 Å². The van der Waals surface area contributed by atoms with Crippen LogP contribution in [0.2, 0.25) is 0 Å². The Balaban J connectivity index is 1.91. The molecule has 0 aromatic heterocycles. The highest BCUT2D eigenvalue weighted by molar-refractivity contribution is 5.79. The third-order valence-corrected chi connectivity index (χ3v) is 4.78. The highest BCUT2D eigenvalue weighted by Crippen LogP contribution is 2.26. The summed E-state index contributed by atoms with van der Waals surface area (Å²) >= 11 is 0. The number of amides is 2. The van der Waals surface area contributed by atoms with Crippen LogP contribution in [0.15, 0.2) is 24.3 Å². The number of nitrogens with zero attached hydrogens (tertiary/aromatic N) is 2. The summed E-state index contributed by atoms with van der Waals surface area (Å²) in [5.41, 5.74) is 0.377. The van der Waals surface area contributed by atoms with Gasteiger partial charge in [-0.15, -0.1) is 0 Å². The van der Waals surface area contributed by atoms with Gasteiger partial charge in [-0.1, -0.05) is 12.1 Å². The van der Waals surface area contributed by atoms with E-state index in [0.717, 1.165) is 5.56 Å². The fraction of sp³-hybridized carbons (Fsp3) is 0.600. The second-order valence-electron chi connectivity index (χ2n) is 7.92. The average molecular weight is 364 g/mol. The molecule has 6 heteroatoms. The summed E-state index contributed by atoms with van der Waals surface area (Å²) < 4.78 is 18.5. The molecule has 0 radical (unpaired) electrons. The molecule has 1 unspecified atom stereocenters. The van der Waals surface area contributed by atoms with Gasteiger partial charge >= 0.3 is 6.09 Å². The molecule has 1 aliphatic rings. The number of piperidine rings is 1. The van der Waals surface area contributed by atoms with Crippen LogP contribution in [0.3, 0.4) is 0 Å². The molecule has 1 saturated heterocycles. The maximum atomic E-state index is 13.1. The molecule has 26 heavy (non-hydrogen) atoms. The standard InChI is InChI=1S/C20H29FN2O3/c1-14(15-6-8-17(21)9-7-15)22(5)18(24)16-10-12-23(13-11-16)19(25)26-20(2,3)4/h6-9,14,16H,10-13H2,1-5H3. The Bertz CT molecular complexity index is 631. The van der Waals surface area contributed by atoms with Crippen molar-refractivity contribution in [2.75, 3.05) is 20.1 Å². The molecule has 1 aromatic rings. The van der Waals surface area contributed by atoms with Crippen molar-refractivity contribution in [2.24, 2.45) is 5.92 Å². The van der Waals surface area contributed by atoms with Crippen molar-refractivity contribution < 1.29 is 18.7 Å². The fourth-order valence-corrected chi connectivity index (χ4v) is 3.08. The number of ether oxygens (including phenoxy) is 1. The summed E-state index contributed by atoms with van der Waals surface area (Å²) in [6.07, 6.45) is 0.924. The molecule has 0 aliphatic carbocycles. The number of halogens is 1. The molecule has 2 amide bonds. The van der Waals surface area contributed by atoms with Crippen molar-refractivity contribution in [1.29, 1.82) is 0 Å². The van der Waals surface area contributed by atoms with Gasteiger partial charge in [0.25, 0.3) is 0 Å². The van der Waals surface area contributed by atoms with Gasteiger partial charge < -0.3 is 14.5 Å². The van der Waals surface area contributed by atoms with Crippen LogP contribution < -0.4 is 0 Å². The third kappa shape index (κ3) is 5.19. The minimum atomic E-state index is -0.519. The van der Waals surface area contributed by atoms with E-state index in [1.807, 2.05) is 27.7 Å². The van der Waals surface area contributed by atoms with E-state index < -0.39 is 5.60 Å². The van der Waals surface area contributed by atoms with E-state index in [0.29, 0.717) is 25.9 Å². The van der Waals surface area contributed by atoms with E-state index in [2.05, 4.69) is 0 Å². The van der Waals surface area contributed by atoms with Crippen molar-refractivity contribution in [3.05, 3.63) is 35.6 Å². The number of hydrogen-bond donors (Lipinski definition) is 0. The number of carbonyl (C=O) groups is 2. The zero-order valence-corrected chi connectivity index (χ0v) is 16.3. The van der Waals surface area contributed by atoms with E-state index in [9.17, 15) is 14.0 Å². The molecule has 1 aliphatic heterocycles. The topological polar surface area (TPSA) is 49.9 Å². The highest BCUT2D eigenvalue weighted by Gasteiger charge is 2.32. The summed E-state index contributed by atoms with van der Waals surface area (Å²) in [5, 5.41) is 0. The molecule has 0 spiro atoms. The predicted molar refractivity (Wildman–Crippen MR) is 98.1 cm³/mol. The Hall–Kier alpha value is -2.11. The van der Waals surface area contributed by atoms with E-state index in [1.165, 1.54) is 12.1 Å². The molecule has 144 valence electrons. The Labute approximate surface area is 155 Å². The Morgan fingerprint density at radius 1 is 1.19 bits per heavy atom. The van der Waals surface area contributed by atoms with Crippen LogP contribution in [0, 0.1) is 11.7 Å². The monoisotopic (exact) mass is 364 g/mol. The summed E-state index contributed by atoms with van der Waals surface area (Å²) in [6.45, 7) is 8.49. The first-order valence-corrected chi connectivity index (χ1v) is 9.08. The summed E-state index contributed by atoms with van der Waals surface area (Å²) in [4.78, 5) is 28.3. The van der Waals surface area contributed by atoms with Gasteiger partial charge in [-0.2, -0.15) is 0 Å². The van der Waals surface area contributed by atoms with Crippen LogP contribution in [0.4, 0.5) is 9.18 Å².